The highest BCUT2D eigenvalue weighted by atomic mass is 19.4. The van der Waals surface area contributed by atoms with E-state index in [1.54, 1.807) is 24.1 Å². The zero-order chi connectivity index (χ0) is 24.5. The van der Waals surface area contributed by atoms with Crippen molar-refractivity contribution in [2.45, 2.75) is 19.3 Å². The van der Waals surface area contributed by atoms with Gasteiger partial charge in [-0.05, 0) is 60.0 Å². The first-order valence-electron chi connectivity index (χ1n) is 10.9. The van der Waals surface area contributed by atoms with E-state index in [0.29, 0.717) is 32.0 Å². The standard InChI is InChI=1S/C25H26F3N3O3/c1-16-6-7-20(29-23(32)17-4-3-5-19(12-17)25(26,27)28)14-21(16)18-13-22(24(33)30(2)15-18)31-8-10-34-11-9-31/h3-7,12-15,24,33H,8-11H2,1-2H3,(H,29,32). The Morgan fingerprint density at radius 2 is 1.88 bits per heavy atom. The van der Waals surface area contributed by atoms with E-state index in [2.05, 4.69) is 10.2 Å². The molecule has 0 bridgehead atoms. The van der Waals surface area contributed by atoms with Crippen molar-refractivity contribution in [3.8, 4) is 0 Å². The van der Waals surface area contributed by atoms with Crippen molar-refractivity contribution in [2.24, 2.45) is 0 Å². The Morgan fingerprint density at radius 1 is 1.15 bits per heavy atom. The average molecular weight is 473 g/mol. The zero-order valence-electron chi connectivity index (χ0n) is 18.9. The van der Waals surface area contributed by atoms with Crippen LogP contribution in [-0.4, -0.2) is 60.4 Å². The van der Waals surface area contributed by atoms with Crippen LogP contribution in [0.15, 0.2) is 60.4 Å². The number of hydrogen-bond acceptors (Lipinski definition) is 5. The summed E-state index contributed by atoms with van der Waals surface area (Å²) in [7, 11) is 1.78. The van der Waals surface area contributed by atoms with Gasteiger partial charge < -0.3 is 25.0 Å². The highest BCUT2D eigenvalue weighted by Crippen LogP contribution is 2.32. The van der Waals surface area contributed by atoms with Gasteiger partial charge in [0.05, 0.1) is 24.5 Å². The molecule has 0 aliphatic carbocycles. The van der Waals surface area contributed by atoms with Gasteiger partial charge >= 0.3 is 6.18 Å². The number of aliphatic hydroxyl groups is 1. The molecule has 0 saturated carbocycles. The number of aliphatic hydroxyl groups excluding tert-OH is 1. The first kappa shape index (κ1) is 23.8. The van der Waals surface area contributed by atoms with Crippen LogP contribution >= 0.6 is 0 Å². The number of hydrogen-bond donors (Lipinski definition) is 2. The van der Waals surface area contributed by atoms with Crippen molar-refractivity contribution < 1.29 is 27.8 Å². The number of anilines is 1. The fraction of sp³-hybridized carbons (Fsp3) is 0.320. The topological polar surface area (TPSA) is 65.0 Å². The number of nitrogens with zero attached hydrogens (tertiary/aromatic N) is 2. The Balaban J connectivity index is 1.60. The Hall–Kier alpha value is -3.30. The SMILES string of the molecule is Cc1ccc(NC(=O)c2cccc(C(F)(F)F)c2)cc1C1=CN(C)C(O)C(N2CCOCC2)=C1. The third kappa shape index (κ3) is 5.10. The molecule has 6 nitrogen and oxygen atoms in total. The third-order valence-corrected chi connectivity index (χ3v) is 5.93. The first-order chi connectivity index (χ1) is 16.1. The van der Waals surface area contributed by atoms with Crippen molar-refractivity contribution in [2.75, 3.05) is 38.7 Å². The van der Waals surface area contributed by atoms with Gasteiger partial charge in [-0.1, -0.05) is 12.1 Å². The van der Waals surface area contributed by atoms with Crippen LogP contribution in [-0.2, 0) is 10.9 Å². The number of rotatable bonds is 4. The Kier molecular flexibility index (Phi) is 6.67. The predicted molar refractivity (Wildman–Crippen MR) is 123 cm³/mol. The minimum Gasteiger partial charge on any atom is -0.378 e. The molecule has 2 aromatic rings. The zero-order valence-corrected chi connectivity index (χ0v) is 18.9. The van der Waals surface area contributed by atoms with Crippen molar-refractivity contribution >= 4 is 17.2 Å². The van der Waals surface area contributed by atoms with Crippen LogP contribution < -0.4 is 5.32 Å². The lowest BCUT2D eigenvalue weighted by Gasteiger charge is -2.38. The number of carbonyl (C=O) groups excluding carboxylic acids is 1. The quantitative estimate of drug-likeness (QED) is 0.701. The van der Waals surface area contributed by atoms with E-state index in [1.165, 1.54) is 12.1 Å². The summed E-state index contributed by atoms with van der Waals surface area (Å²) in [5, 5.41) is 13.4. The second kappa shape index (κ2) is 9.52. The molecular weight excluding hydrogens is 447 g/mol. The molecule has 1 atom stereocenters. The van der Waals surface area contributed by atoms with Gasteiger partial charge in [0.2, 0.25) is 0 Å². The Morgan fingerprint density at radius 3 is 2.59 bits per heavy atom. The molecule has 2 heterocycles. The maximum atomic E-state index is 13.0. The minimum absolute atomic E-state index is 0.0776. The summed E-state index contributed by atoms with van der Waals surface area (Å²) in [6.45, 7) is 4.46. The van der Waals surface area contributed by atoms with Gasteiger partial charge in [-0.3, -0.25) is 4.79 Å². The summed E-state index contributed by atoms with van der Waals surface area (Å²) in [5.41, 5.74) is 2.91. The van der Waals surface area contributed by atoms with Crippen LogP contribution in [0.2, 0.25) is 0 Å². The van der Waals surface area contributed by atoms with Gasteiger partial charge in [0.1, 0.15) is 0 Å². The lowest BCUT2D eigenvalue weighted by molar-refractivity contribution is -0.137. The fourth-order valence-electron chi connectivity index (χ4n) is 4.04. The number of amides is 1. The van der Waals surface area contributed by atoms with Crippen LogP contribution in [0.5, 0.6) is 0 Å². The number of alkyl halides is 3. The molecule has 9 heteroatoms. The van der Waals surface area contributed by atoms with Crippen LogP contribution in [0.4, 0.5) is 18.9 Å². The Labute approximate surface area is 195 Å². The molecule has 2 aliphatic rings. The van der Waals surface area contributed by atoms with E-state index in [9.17, 15) is 23.1 Å². The van der Waals surface area contributed by atoms with Crippen LogP contribution in [0.3, 0.4) is 0 Å². The third-order valence-electron chi connectivity index (χ3n) is 5.93. The molecule has 2 aromatic carbocycles. The molecule has 34 heavy (non-hydrogen) atoms. The minimum atomic E-state index is -4.53. The number of nitrogens with one attached hydrogen (secondary N) is 1. The van der Waals surface area contributed by atoms with E-state index >= 15 is 0 Å². The monoisotopic (exact) mass is 473 g/mol. The molecule has 1 saturated heterocycles. The van der Waals surface area contributed by atoms with Crippen LogP contribution in [0, 0.1) is 6.92 Å². The largest absolute Gasteiger partial charge is 0.416 e. The summed E-state index contributed by atoms with van der Waals surface area (Å²) in [5.74, 6) is -0.629. The maximum Gasteiger partial charge on any atom is 0.416 e. The maximum absolute atomic E-state index is 13.0. The number of halogens is 3. The van der Waals surface area contributed by atoms with Crippen LogP contribution in [0.1, 0.15) is 27.0 Å². The van der Waals surface area contributed by atoms with Gasteiger partial charge in [0.25, 0.3) is 5.91 Å². The number of morpholine rings is 1. The highest BCUT2D eigenvalue weighted by Gasteiger charge is 2.31. The summed E-state index contributed by atoms with van der Waals surface area (Å²) in [6.07, 6.45) is -1.56. The van der Waals surface area contributed by atoms with Crippen LogP contribution in [0.25, 0.3) is 5.57 Å². The number of allylic oxidation sites excluding steroid dienone is 2. The van der Waals surface area contributed by atoms with E-state index in [4.69, 9.17) is 4.74 Å². The molecule has 2 aliphatic heterocycles. The molecule has 2 N–H and O–H groups in total. The molecule has 1 fully saturated rings. The van der Waals surface area contributed by atoms with Crippen molar-refractivity contribution in [1.82, 2.24) is 9.80 Å². The van der Waals surface area contributed by atoms with Crippen molar-refractivity contribution in [1.29, 1.82) is 0 Å². The van der Waals surface area contributed by atoms with E-state index in [0.717, 1.165) is 34.5 Å². The van der Waals surface area contributed by atoms with E-state index in [-0.39, 0.29) is 5.56 Å². The molecule has 0 radical (unpaired) electrons. The molecule has 180 valence electrons. The smallest absolute Gasteiger partial charge is 0.378 e. The van der Waals surface area contributed by atoms with Gasteiger partial charge in [-0.25, -0.2) is 0 Å². The number of benzene rings is 2. The number of carbonyl (C=O) groups is 1. The van der Waals surface area contributed by atoms with Gasteiger partial charge in [0.15, 0.2) is 6.23 Å². The predicted octanol–water partition coefficient (Wildman–Crippen LogP) is 4.09. The lowest BCUT2D eigenvalue weighted by atomic mass is 9.97. The normalized spacial score (nSPS) is 18.9. The second-order valence-electron chi connectivity index (χ2n) is 8.35. The molecule has 1 unspecified atom stereocenters. The first-order valence-corrected chi connectivity index (χ1v) is 10.9. The average Bonchev–Trinajstić information content (AvgIpc) is 2.82. The lowest BCUT2D eigenvalue weighted by Crippen LogP contribution is -2.44. The van der Waals surface area contributed by atoms with Gasteiger partial charge in [-0.15, -0.1) is 0 Å². The van der Waals surface area contributed by atoms with E-state index < -0.39 is 23.9 Å². The molecule has 0 spiro atoms. The van der Waals surface area contributed by atoms with Gasteiger partial charge in [-0.2, -0.15) is 13.2 Å². The number of likely N-dealkylation sites (N-methyl/N-ethyl adjacent to an activating group) is 1. The second-order valence-corrected chi connectivity index (χ2v) is 8.35. The Bertz CT molecular complexity index is 1140. The van der Waals surface area contributed by atoms with E-state index in [1.807, 2.05) is 25.3 Å². The fourth-order valence-corrected chi connectivity index (χ4v) is 4.04. The molecule has 4 rings (SSSR count). The number of ether oxygens (including phenoxy) is 1. The molecular formula is C25H26F3N3O3. The van der Waals surface area contributed by atoms with Gasteiger partial charge in [0, 0.05) is 37.6 Å². The summed E-state index contributed by atoms with van der Waals surface area (Å²) < 4.78 is 44.5. The molecule has 0 aromatic heterocycles. The summed E-state index contributed by atoms with van der Waals surface area (Å²) in [4.78, 5) is 16.5. The molecule has 1 amide bonds. The van der Waals surface area contributed by atoms with Crippen molar-refractivity contribution in [3.05, 3.63) is 82.7 Å². The summed E-state index contributed by atoms with van der Waals surface area (Å²) >= 11 is 0. The van der Waals surface area contributed by atoms with Crippen molar-refractivity contribution in [3.63, 3.8) is 0 Å². The number of aryl methyl sites for hydroxylation is 1. The highest BCUT2D eigenvalue weighted by molar-refractivity contribution is 6.04. The summed E-state index contributed by atoms with van der Waals surface area (Å²) in [6, 6.07) is 9.65.